The number of thiazole rings is 1. The quantitative estimate of drug-likeness (QED) is 0.920. The molecule has 0 aromatic carbocycles. The largest absolute Gasteiger partial charge is 0.304 e. The fourth-order valence-electron chi connectivity index (χ4n) is 2.34. The molecule has 0 saturated carbocycles. The summed E-state index contributed by atoms with van der Waals surface area (Å²) in [5.41, 5.74) is 5.58. The van der Waals surface area contributed by atoms with E-state index < -0.39 is 0 Å². The summed E-state index contributed by atoms with van der Waals surface area (Å²) in [5, 5.41) is 8.18. The average molecular weight is 262 g/mol. The Morgan fingerprint density at radius 3 is 3.17 bits per heavy atom. The van der Waals surface area contributed by atoms with Gasteiger partial charge in [0, 0.05) is 29.7 Å². The van der Waals surface area contributed by atoms with Gasteiger partial charge in [-0.05, 0) is 32.8 Å². The van der Waals surface area contributed by atoms with Crippen molar-refractivity contribution in [3.8, 4) is 0 Å². The van der Waals surface area contributed by atoms with Gasteiger partial charge in [-0.2, -0.15) is 5.10 Å². The van der Waals surface area contributed by atoms with Crippen molar-refractivity contribution in [2.45, 2.75) is 45.8 Å². The first-order chi connectivity index (χ1) is 8.74. The van der Waals surface area contributed by atoms with Gasteiger partial charge in [-0.3, -0.25) is 4.68 Å². The van der Waals surface area contributed by atoms with E-state index in [1.165, 1.54) is 23.4 Å². The SMILES string of the molecule is Cc1ncsc1CN[C@@H](C)c1cc2n(n1)CCC2. The fraction of sp³-hybridized carbons (Fsp3) is 0.538. The first kappa shape index (κ1) is 11.9. The minimum absolute atomic E-state index is 0.296. The van der Waals surface area contributed by atoms with E-state index >= 15 is 0 Å². The Labute approximate surface area is 111 Å². The van der Waals surface area contributed by atoms with Gasteiger partial charge in [0.15, 0.2) is 0 Å². The van der Waals surface area contributed by atoms with Gasteiger partial charge in [-0.25, -0.2) is 4.98 Å². The number of hydrogen-bond acceptors (Lipinski definition) is 4. The van der Waals surface area contributed by atoms with Gasteiger partial charge in [0.1, 0.15) is 0 Å². The predicted molar refractivity (Wildman–Crippen MR) is 72.7 cm³/mol. The zero-order valence-electron chi connectivity index (χ0n) is 10.8. The van der Waals surface area contributed by atoms with E-state index in [4.69, 9.17) is 0 Å². The van der Waals surface area contributed by atoms with Gasteiger partial charge in [-0.1, -0.05) is 0 Å². The summed E-state index contributed by atoms with van der Waals surface area (Å²) in [4.78, 5) is 5.58. The Balaban J connectivity index is 1.64. The van der Waals surface area contributed by atoms with Crippen molar-refractivity contribution in [1.29, 1.82) is 0 Å². The molecule has 5 heteroatoms. The average Bonchev–Trinajstić information content (AvgIpc) is 3.00. The number of nitrogens with zero attached hydrogens (tertiary/aromatic N) is 3. The number of aromatic nitrogens is 3. The minimum Gasteiger partial charge on any atom is -0.304 e. The summed E-state index contributed by atoms with van der Waals surface area (Å²) in [7, 11) is 0. The first-order valence-corrected chi connectivity index (χ1v) is 7.31. The molecule has 1 N–H and O–H groups in total. The van der Waals surface area contributed by atoms with Crippen LogP contribution in [0.15, 0.2) is 11.6 Å². The summed E-state index contributed by atoms with van der Waals surface area (Å²) in [6.07, 6.45) is 2.41. The van der Waals surface area contributed by atoms with Crippen LogP contribution < -0.4 is 5.32 Å². The number of hydrogen-bond donors (Lipinski definition) is 1. The lowest BCUT2D eigenvalue weighted by Crippen LogP contribution is -2.18. The summed E-state index contributed by atoms with van der Waals surface area (Å²) < 4.78 is 2.14. The van der Waals surface area contributed by atoms with Crippen LogP contribution in [-0.4, -0.2) is 14.8 Å². The maximum Gasteiger partial charge on any atom is 0.0798 e. The van der Waals surface area contributed by atoms with E-state index in [0.717, 1.165) is 24.5 Å². The van der Waals surface area contributed by atoms with Crippen LogP contribution in [0.4, 0.5) is 0 Å². The van der Waals surface area contributed by atoms with Crippen LogP contribution in [-0.2, 0) is 19.5 Å². The molecule has 1 aliphatic rings. The Morgan fingerprint density at radius 2 is 2.44 bits per heavy atom. The standard InChI is InChI=1S/C13H18N4S/c1-9(14-7-13-10(2)15-8-18-13)12-6-11-4-3-5-17(11)16-12/h6,8-9,14H,3-5,7H2,1-2H3/t9-/m0/s1. The van der Waals surface area contributed by atoms with Crippen LogP contribution in [0.3, 0.4) is 0 Å². The second-order valence-electron chi connectivity index (χ2n) is 4.85. The van der Waals surface area contributed by atoms with Crippen LogP contribution in [0.2, 0.25) is 0 Å². The van der Waals surface area contributed by atoms with Gasteiger partial charge >= 0.3 is 0 Å². The smallest absolute Gasteiger partial charge is 0.0798 e. The molecule has 1 atom stereocenters. The molecule has 0 fully saturated rings. The van der Waals surface area contributed by atoms with E-state index in [9.17, 15) is 0 Å². The van der Waals surface area contributed by atoms with Crippen molar-refractivity contribution in [2.24, 2.45) is 0 Å². The van der Waals surface area contributed by atoms with Crippen molar-refractivity contribution in [3.05, 3.63) is 33.5 Å². The second-order valence-corrected chi connectivity index (χ2v) is 5.79. The summed E-state index contributed by atoms with van der Waals surface area (Å²) in [5.74, 6) is 0. The molecule has 0 radical (unpaired) electrons. The van der Waals surface area contributed by atoms with Crippen molar-refractivity contribution in [2.75, 3.05) is 0 Å². The molecule has 4 nitrogen and oxygen atoms in total. The first-order valence-electron chi connectivity index (χ1n) is 6.43. The highest BCUT2D eigenvalue weighted by molar-refractivity contribution is 7.09. The van der Waals surface area contributed by atoms with Crippen LogP contribution in [0.5, 0.6) is 0 Å². The second kappa shape index (κ2) is 4.82. The van der Waals surface area contributed by atoms with Crippen LogP contribution >= 0.6 is 11.3 Å². The lowest BCUT2D eigenvalue weighted by Gasteiger charge is -2.10. The molecule has 0 aliphatic carbocycles. The number of aryl methyl sites for hydroxylation is 3. The van der Waals surface area contributed by atoms with Gasteiger partial charge in [-0.15, -0.1) is 11.3 Å². The van der Waals surface area contributed by atoms with Gasteiger partial charge in [0.25, 0.3) is 0 Å². The van der Waals surface area contributed by atoms with Crippen LogP contribution in [0, 0.1) is 6.92 Å². The van der Waals surface area contributed by atoms with Gasteiger partial charge < -0.3 is 5.32 Å². The zero-order valence-corrected chi connectivity index (χ0v) is 11.6. The highest BCUT2D eigenvalue weighted by atomic mass is 32.1. The third-order valence-electron chi connectivity index (χ3n) is 3.54. The Bertz CT molecular complexity index is 521. The third kappa shape index (κ3) is 2.20. The molecule has 18 heavy (non-hydrogen) atoms. The minimum atomic E-state index is 0.296. The number of rotatable bonds is 4. The molecule has 1 aliphatic heterocycles. The summed E-state index contributed by atoms with van der Waals surface area (Å²) >= 11 is 1.71. The predicted octanol–water partition coefficient (Wildman–Crippen LogP) is 2.45. The maximum absolute atomic E-state index is 4.66. The molecule has 0 amide bonds. The lowest BCUT2D eigenvalue weighted by molar-refractivity contribution is 0.543. The van der Waals surface area contributed by atoms with E-state index in [0.29, 0.717) is 6.04 Å². The summed E-state index contributed by atoms with van der Waals surface area (Å²) in [6.45, 7) is 6.19. The molecule has 3 rings (SSSR count). The normalized spacial score (nSPS) is 15.9. The van der Waals surface area contributed by atoms with Crippen molar-refractivity contribution < 1.29 is 0 Å². The van der Waals surface area contributed by atoms with Crippen molar-refractivity contribution in [1.82, 2.24) is 20.1 Å². The van der Waals surface area contributed by atoms with E-state index in [-0.39, 0.29) is 0 Å². The molecular formula is C13H18N4S. The van der Waals surface area contributed by atoms with Crippen LogP contribution in [0.1, 0.15) is 41.3 Å². The third-order valence-corrected chi connectivity index (χ3v) is 4.48. The van der Waals surface area contributed by atoms with Crippen molar-refractivity contribution >= 4 is 11.3 Å². The van der Waals surface area contributed by atoms with E-state index in [2.05, 4.69) is 40.0 Å². The van der Waals surface area contributed by atoms with Gasteiger partial charge in [0.2, 0.25) is 0 Å². The molecule has 3 heterocycles. The molecule has 2 aromatic rings. The Hall–Kier alpha value is -1.20. The highest BCUT2D eigenvalue weighted by Gasteiger charge is 2.17. The maximum atomic E-state index is 4.66. The van der Waals surface area contributed by atoms with Gasteiger partial charge in [0.05, 0.1) is 16.9 Å². The topological polar surface area (TPSA) is 42.7 Å². The van der Waals surface area contributed by atoms with E-state index in [1.807, 2.05) is 5.51 Å². The van der Waals surface area contributed by atoms with E-state index in [1.54, 1.807) is 11.3 Å². The molecular weight excluding hydrogens is 244 g/mol. The zero-order chi connectivity index (χ0) is 12.5. The Kier molecular flexibility index (Phi) is 3.18. The monoisotopic (exact) mass is 262 g/mol. The molecule has 0 unspecified atom stereocenters. The molecule has 0 bridgehead atoms. The number of nitrogens with one attached hydrogen (secondary N) is 1. The Morgan fingerprint density at radius 1 is 1.56 bits per heavy atom. The molecule has 2 aromatic heterocycles. The van der Waals surface area contributed by atoms with Crippen LogP contribution in [0.25, 0.3) is 0 Å². The summed E-state index contributed by atoms with van der Waals surface area (Å²) in [6, 6.07) is 2.54. The molecule has 0 spiro atoms. The fourth-order valence-corrected chi connectivity index (χ4v) is 3.07. The molecule has 0 saturated heterocycles. The lowest BCUT2D eigenvalue weighted by atomic mass is 10.2. The molecule has 96 valence electrons. The van der Waals surface area contributed by atoms with Crippen molar-refractivity contribution in [3.63, 3.8) is 0 Å². The number of fused-ring (bicyclic) bond motifs is 1. The highest BCUT2D eigenvalue weighted by Crippen LogP contribution is 2.20.